The van der Waals surface area contributed by atoms with Gasteiger partial charge in [0.2, 0.25) is 11.8 Å². The van der Waals surface area contributed by atoms with Gasteiger partial charge in [-0.05, 0) is 23.8 Å². The number of para-hydroxylation sites is 1. The lowest BCUT2D eigenvalue weighted by Crippen LogP contribution is -1.96. The smallest absolute Gasteiger partial charge is 0.269 e. The Hall–Kier alpha value is -2.65. The van der Waals surface area contributed by atoms with E-state index in [1.807, 2.05) is 18.2 Å². The second-order valence-corrected chi connectivity index (χ2v) is 7.58. The van der Waals surface area contributed by atoms with Crippen LogP contribution in [0, 0.1) is 10.1 Å². The molecule has 0 N–H and O–H groups in total. The summed E-state index contributed by atoms with van der Waals surface area (Å²) in [4.78, 5) is 14.9. The van der Waals surface area contributed by atoms with Crippen LogP contribution in [0.4, 0.5) is 11.4 Å². The Morgan fingerprint density at radius 2 is 1.96 bits per heavy atom. The molecule has 1 aromatic heterocycles. The number of aliphatic imine (C=N–C) groups is 1. The maximum atomic E-state index is 10.7. The molecule has 26 heavy (non-hydrogen) atoms. The van der Waals surface area contributed by atoms with E-state index in [4.69, 9.17) is 4.42 Å². The van der Waals surface area contributed by atoms with E-state index in [1.54, 1.807) is 35.7 Å². The van der Waals surface area contributed by atoms with Crippen LogP contribution in [0.3, 0.4) is 0 Å². The molecule has 0 atom stereocenters. The predicted octanol–water partition coefficient (Wildman–Crippen LogP) is 4.81. The quantitative estimate of drug-likeness (QED) is 0.470. The van der Waals surface area contributed by atoms with Crippen molar-refractivity contribution < 1.29 is 9.34 Å². The largest absolute Gasteiger partial charge is 0.420 e. The first-order valence-corrected chi connectivity index (χ1v) is 9.65. The lowest BCUT2D eigenvalue weighted by molar-refractivity contribution is -0.384. The number of non-ortho nitro benzene ring substituents is 1. The predicted molar refractivity (Wildman–Crippen MR) is 103 cm³/mol. The topological polar surface area (TPSA) is 94.4 Å². The molecule has 7 nitrogen and oxygen atoms in total. The molecule has 0 bridgehead atoms. The summed E-state index contributed by atoms with van der Waals surface area (Å²) in [5, 5.41) is 18.8. The molecule has 2 aromatic carbocycles. The highest BCUT2D eigenvalue weighted by molar-refractivity contribution is 8.38. The zero-order valence-electron chi connectivity index (χ0n) is 13.4. The molecular formula is C17H12N4O3S2. The maximum Gasteiger partial charge on any atom is 0.269 e. The van der Waals surface area contributed by atoms with Crippen LogP contribution in [0.1, 0.15) is 11.5 Å². The van der Waals surface area contributed by atoms with E-state index in [2.05, 4.69) is 21.3 Å². The van der Waals surface area contributed by atoms with Crippen molar-refractivity contribution in [2.75, 3.05) is 0 Å². The molecule has 4 rings (SSSR count). The van der Waals surface area contributed by atoms with Crippen molar-refractivity contribution in [1.82, 2.24) is 10.2 Å². The van der Waals surface area contributed by atoms with Crippen LogP contribution in [0.15, 0.2) is 57.9 Å². The molecule has 0 radical (unpaired) electrons. The minimum absolute atomic E-state index is 0.0247. The highest BCUT2D eigenvalue weighted by Crippen LogP contribution is 2.35. The van der Waals surface area contributed by atoms with Crippen LogP contribution in [0.25, 0.3) is 11.5 Å². The standard InChI is InChI=1S/C17H12N4O3S2/c22-21(23)13-7-5-11(6-8-13)16-20-19-15(24-16)10-26-17-18-14-4-2-1-3-12(14)9-25-17/h1-8H,9-10H2. The highest BCUT2D eigenvalue weighted by atomic mass is 32.2. The lowest BCUT2D eigenvalue weighted by Gasteiger charge is -2.13. The van der Waals surface area contributed by atoms with Crippen LogP contribution < -0.4 is 0 Å². The molecule has 0 saturated heterocycles. The molecule has 1 aliphatic heterocycles. The van der Waals surface area contributed by atoms with Gasteiger partial charge in [0, 0.05) is 23.4 Å². The van der Waals surface area contributed by atoms with E-state index in [0.29, 0.717) is 23.1 Å². The van der Waals surface area contributed by atoms with Gasteiger partial charge < -0.3 is 4.42 Å². The Morgan fingerprint density at radius 1 is 1.15 bits per heavy atom. The number of hydrogen-bond acceptors (Lipinski definition) is 8. The summed E-state index contributed by atoms with van der Waals surface area (Å²) in [6, 6.07) is 14.1. The molecular weight excluding hydrogens is 372 g/mol. The summed E-state index contributed by atoms with van der Waals surface area (Å²) in [7, 11) is 0. The first kappa shape index (κ1) is 16.8. The third-order valence-corrected chi connectivity index (χ3v) is 5.90. The van der Waals surface area contributed by atoms with Crippen molar-refractivity contribution in [1.29, 1.82) is 0 Å². The Bertz CT molecular complexity index is 986. The molecule has 9 heteroatoms. The molecule has 0 unspecified atom stereocenters. The summed E-state index contributed by atoms with van der Waals surface area (Å²) in [6.45, 7) is 0. The van der Waals surface area contributed by atoms with Gasteiger partial charge in [-0.25, -0.2) is 4.99 Å². The number of fused-ring (bicyclic) bond motifs is 1. The number of nitrogens with zero attached hydrogens (tertiary/aromatic N) is 4. The van der Waals surface area contributed by atoms with Crippen molar-refractivity contribution in [3.05, 3.63) is 70.1 Å². The zero-order chi connectivity index (χ0) is 17.9. The molecule has 0 amide bonds. The van der Waals surface area contributed by atoms with Gasteiger partial charge in [0.15, 0.2) is 0 Å². The van der Waals surface area contributed by atoms with Gasteiger partial charge in [-0.15, -0.1) is 10.2 Å². The number of thioether (sulfide) groups is 2. The Morgan fingerprint density at radius 3 is 2.77 bits per heavy atom. The molecule has 0 spiro atoms. The number of rotatable bonds is 4. The fourth-order valence-electron chi connectivity index (χ4n) is 2.36. The van der Waals surface area contributed by atoms with Crippen LogP contribution in [-0.2, 0) is 11.5 Å². The van der Waals surface area contributed by atoms with Crippen LogP contribution in [0.2, 0.25) is 0 Å². The van der Waals surface area contributed by atoms with Gasteiger partial charge in [-0.2, -0.15) is 0 Å². The summed E-state index contributed by atoms with van der Waals surface area (Å²) < 4.78 is 6.62. The molecule has 1 aliphatic rings. The summed E-state index contributed by atoms with van der Waals surface area (Å²) >= 11 is 3.25. The van der Waals surface area contributed by atoms with Gasteiger partial charge in [0.1, 0.15) is 4.38 Å². The van der Waals surface area contributed by atoms with Crippen molar-refractivity contribution in [3.8, 4) is 11.5 Å². The normalized spacial score (nSPS) is 13.2. The van der Waals surface area contributed by atoms with Gasteiger partial charge in [-0.1, -0.05) is 41.7 Å². The minimum Gasteiger partial charge on any atom is -0.420 e. The fraction of sp³-hybridized carbons (Fsp3) is 0.118. The van der Waals surface area contributed by atoms with E-state index < -0.39 is 4.92 Å². The van der Waals surface area contributed by atoms with Crippen molar-refractivity contribution in [3.63, 3.8) is 0 Å². The monoisotopic (exact) mass is 384 g/mol. The molecule has 0 fully saturated rings. The van der Waals surface area contributed by atoms with Crippen molar-refractivity contribution >= 4 is 39.3 Å². The second-order valence-electron chi connectivity index (χ2n) is 5.39. The third kappa shape index (κ3) is 3.63. The molecule has 2 heterocycles. The van der Waals surface area contributed by atoms with Gasteiger partial charge in [0.25, 0.3) is 5.69 Å². The second kappa shape index (κ2) is 7.30. The van der Waals surface area contributed by atoms with E-state index in [1.165, 1.54) is 17.7 Å². The number of hydrogen-bond donors (Lipinski definition) is 0. The average molecular weight is 384 g/mol. The van der Waals surface area contributed by atoms with E-state index in [-0.39, 0.29) is 5.69 Å². The summed E-state index contributed by atoms with van der Waals surface area (Å²) in [6.07, 6.45) is 0. The van der Waals surface area contributed by atoms with E-state index >= 15 is 0 Å². The van der Waals surface area contributed by atoms with Gasteiger partial charge in [0.05, 0.1) is 16.4 Å². The average Bonchev–Trinajstić information content (AvgIpc) is 3.15. The summed E-state index contributed by atoms with van der Waals surface area (Å²) in [5.74, 6) is 2.26. The van der Waals surface area contributed by atoms with Crippen LogP contribution in [-0.4, -0.2) is 19.5 Å². The summed E-state index contributed by atoms with van der Waals surface area (Å²) in [5.41, 5.74) is 2.92. The SMILES string of the molecule is O=[N+]([O-])c1ccc(-c2nnc(CSC3=Nc4ccccc4CS3)o2)cc1. The first-order chi connectivity index (χ1) is 12.7. The van der Waals surface area contributed by atoms with Crippen LogP contribution >= 0.6 is 23.5 Å². The Balaban J connectivity index is 1.43. The lowest BCUT2D eigenvalue weighted by atomic mass is 10.2. The van der Waals surface area contributed by atoms with Crippen molar-refractivity contribution in [2.24, 2.45) is 4.99 Å². The number of benzene rings is 2. The number of aromatic nitrogens is 2. The number of nitro benzene ring substituents is 1. The van der Waals surface area contributed by atoms with Crippen LogP contribution in [0.5, 0.6) is 0 Å². The van der Waals surface area contributed by atoms with E-state index in [9.17, 15) is 10.1 Å². The first-order valence-electron chi connectivity index (χ1n) is 7.68. The molecule has 0 saturated carbocycles. The third-order valence-electron chi connectivity index (χ3n) is 3.67. The van der Waals surface area contributed by atoms with E-state index in [0.717, 1.165) is 15.8 Å². The molecule has 130 valence electrons. The van der Waals surface area contributed by atoms with Crippen molar-refractivity contribution in [2.45, 2.75) is 11.5 Å². The minimum atomic E-state index is -0.444. The maximum absolute atomic E-state index is 10.7. The van der Waals surface area contributed by atoms with Gasteiger partial charge >= 0.3 is 0 Å². The fourth-order valence-corrected chi connectivity index (χ4v) is 4.26. The molecule has 0 aliphatic carbocycles. The Labute approximate surface area is 157 Å². The number of nitro groups is 1. The Kier molecular flexibility index (Phi) is 4.72. The zero-order valence-corrected chi connectivity index (χ0v) is 15.0. The highest BCUT2D eigenvalue weighted by Gasteiger charge is 2.15. The molecule has 3 aromatic rings. The van der Waals surface area contributed by atoms with Gasteiger partial charge in [-0.3, -0.25) is 10.1 Å².